The number of methoxy groups -OCH3 is 1. The maximum atomic E-state index is 10.2. The lowest BCUT2D eigenvalue weighted by Crippen LogP contribution is -1.92. The quantitative estimate of drug-likeness (QED) is 0.393. The van der Waals surface area contributed by atoms with Crippen LogP contribution in [0.2, 0.25) is 0 Å². The predicted octanol–water partition coefficient (Wildman–Crippen LogP) is 0.940. The van der Waals surface area contributed by atoms with E-state index in [0.717, 1.165) is 0 Å². The smallest absolute Gasteiger partial charge is 0.330 e. The number of hydrogen-bond acceptors (Lipinski definition) is 2. The molecule has 0 fully saturated rings. The van der Waals surface area contributed by atoms with Gasteiger partial charge in [-0.2, -0.15) is 0 Å². The molecule has 0 aromatic carbocycles. The van der Waals surface area contributed by atoms with Crippen molar-refractivity contribution >= 4 is 5.97 Å². The van der Waals surface area contributed by atoms with Gasteiger partial charge in [-0.15, -0.1) is 0 Å². The van der Waals surface area contributed by atoms with Crippen LogP contribution in [0.25, 0.3) is 0 Å². The molecule has 0 aliphatic heterocycles. The molecule has 0 saturated carbocycles. The van der Waals surface area contributed by atoms with Gasteiger partial charge in [0.1, 0.15) is 0 Å². The summed E-state index contributed by atoms with van der Waals surface area (Å²) < 4.78 is 4.31. The first-order valence-electron chi connectivity index (χ1n) is 2.35. The van der Waals surface area contributed by atoms with Gasteiger partial charge in [-0.05, 0) is 6.42 Å². The highest BCUT2D eigenvalue weighted by atomic mass is 16.5. The molecule has 0 aromatic rings. The van der Waals surface area contributed by atoms with Gasteiger partial charge in [-0.1, -0.05) is 13.0 Å². The molecule has 45 valence electrons. The van der Waals surface area contributed by atoms with Crippen molar-refractivity contribution in [2.45, 2.75) is 6.92 Å². The van der Waals surface area contributed by atoms with Crippen LogP contribution in [0, 0.1) is 6.42 Å². The van der Waals surface area contributed by atoms with Crippen LogP contribution in [-0.4, -0.2) is 13.1 Å². The number of carbonyl (C=O) groups is 1. The number of ether oxygens (including phenoxy) is 1. The van der Waals surface area contributed by atoms with Gasteiger partial charge < -0.3 is 4.74 Å². The Morgan fingerprint density at radius 3 is 2.62 bits per heavy atom. The summed E-state index contributed by atoms with van der Waals surface area (Å²) in [4.78, 5) is 10.2. The Morgan fingerprint density at radius 1 is 1.62 bits per heavy atom. The summed E-state index contributed by atoms with van der Waals surface area (Å²) in [5.74, 6) is -0.317. The van der Waals surface area contributed by atoms with Crippen LogP contribution in [0.1, 0.15) is 6.92 Å². The molecule has 0 aromatic heterocycles. The lowest BCUT2D eigenvalue weighted by atomic mass is 10.4. The first-order chi connectivity index (χ1) is 3.81. The van der Waals surface area contributed by atoms with Crippen molar-refractivity contribution in [3.63, 3.8) is 0 Å². The SMILES string of the molecule is C[CH]/C=C/C(=O)OC. The average Bonchev–Trinajstić information content (AvgIpc) is 1.83. The van der Waals surface area contributed by atoms with Gasteiger partial charge in [0.25, 0.3) is 0 Å². The first-order valence-corrected chi connectivity index (χ1v) is 2.35. The Hall–Kier alpha value is -0.790. The van der Waals surface area contributed by atoms with E-state index >= 15 is 0 Å². The standard InChI is InChI=1S/C6H9O2/c1-3-4-5-6(7)8-2/h3-5H,1-2H3/b5-4+. The van der Waals surface area contributed by atoms with E-state index < -0.39 is 0 Å². The van der Waals surface area contributed by atoms with Crippen molar-refractivity contribution in [1.29, 1.82) is 0 Å². The highest BCUT2D eigenvalue weighted by Gasteiger charge is 1.85. The molecule has 0 aliphatic rings. The van der Waals surface area contributed by atoms with Crippen LogP contribution in [0.4, 0.5) is 0 Å². The van der Waals surface area contributed by atoms with Gasteiger partial charge in [0.2, 0.25) is 0 Å². The van der Waals surface area contributed by atoms with E-state index in [1.807, 2.05) is 6.92 Å². The molecule has 8 heavy (non-hydrogen) atoms. The minimum atomic E-state index is -0.317. The summed E-state index contributed by atoms with van der Waals surface area (Å²) in [5, 5.41) is 0. The number of rotatable bonds is 2. The normalized spacial score (nSPS) is 9.75. The lowest BCUT2D eigenvalue weighted by Gasteiger charge is -1.85. The molecule has 0 aliphatic carbocycles. The van der Waals surface area contributed by atoms with Crippen molar-refractivity contribution in [2.75, 3.05) is 7.11 Å². The van der Waals surface area contributed by atoms with Crippen LogP contribution >= 0.6 is 0 Å². The number of esters is 1. The summed E-state index contributed by atoms with van der Waals surface area (Å²) in [5.41, 5.74) is 0. The Morgan fingerprint density at radius 2 is 2.25 bits per heavy atom. The fraction of sp³-hybridized carbons (Fsp3) is 0.333. The maximum Gasteiger partial charge on any atom is 0.330 e. The third-order valence-corrected chi connectivity index (χ3v) is 0.626. The van der Waals surface area contributed by atoms with E-state index in [4.69, 9.17) is 0 Å². The summed E-state index contributed by atoms with van der Waals surface area (Å²) in [6.45, 7) is 1.83. The summed E-state index contributed by atoms with van der Waals surface area (Å²) in [7, 11) is 1.35. The second kappa shape index (κ2) is 4.37. The second-order valence-corrected chi connectivity index (χ2v) is 1.22. The van der Waals surface area contributed by atoms with Gasteiger partial charge in [0.05, 0.1) is 7.11 Å². The van der Waals surface area contributed by atoms with Crippen LogP contribution in [-0.2, 0) is 9.53 Å². The molecule has 2 nitrogen and oxygen atoms in total. The second-order valence-electron chi connectivity index (χ2n) is 1.22. The maximum absolute atomic E-state index is 10.2. The van der Waals surface area contributed by atoms with Gasteiger partial charge >= 0.3 is 5.97 Å². The van der Waals surface area contributed by atoms with E-state index in [1.54, 1.807) is 12.5 Å². The van der Waals surface area contributed by atoms with Crippen molar-refractivity contribution < 1.29 is 9.53 Å². The van der Waals surface area contributed by atoms with E-state index in [2.05, 4.69) is 4.74 Å². The molecule has 0 saturated heterocycles. The van der Waals surface area contributed by atoms with E-state index in [9.17, 15) is 4.79 Å². The fourth-order valence-corrected chi connectivity index (χ4v) is 0.243. The van der Waals surface area contributed by atoms with Crippen LogP contribution in [0.5, 0.6) is 0 Å². The van der Waals surface area contributed by atoms with Gasteiger partial charge in [-0.25, -0.2) is 4.79 Å². The molecule has 1 radical (unpaired) electrons. The molecule has 0 atom stereocenters. The molecular weight excluding hydrogens is 104 g/mol. The molecule has 0 rings (SSSR count). The summed E-state index contributed by atoms with van der Waals surface area (Å²) in [6, 6.07) is 0. The number of allylic oxidation sites excluding steroid dienone is 1. The van der Waals surface area contributed by atoms with E-state index in [1.165, 1.54) is 13.2 Å². The van der Waals surface area contributed by atoms with Crippen molar-refractivity contribution in [3.05, 3.63) is 18.6 Å². The van der Waals surface area contributed by atoms with Gasteiger partial charge in [0.15, 0.2) is 0 Å². The van der Waals surface area contributed by atoms with Gasteiger partial charge in [0, 0.05) is 6.08 Å². The van der Waals surface area contributed by atoms with Crippen molar-refractivity contribution in [3.8, 4) is 0 Å². The monoisotopic (exact) mass is 113 g/mol. The minimum Gasteiger partial charge on any atom is -0.466 e. The predicted molar refractivity (Wildman–Crippen MR) is 31.1 cm³/mol. The topological polar surface area (TPSA) is 26.3 Å². The van der Waals surface area contributed by atoms with Crippen molar-refractivity contribution in [2.24, 2.45) is 0 Å². The molecule has 2 heteroatoms. The largest absolute Gasteiger partial charge is 0.466 e. The Balaban J connectivity index is 3.37. The fourth-order valence-electron chi connectivity index (χ4n) is 0.243. The summed E-state index contributed by atoms with van der Waals surface area (Å²) >= 11 is 0. The van der Waals surface area contributed by atoms with Crippen molar-refractivity contribution in [1.82, 2.24) is 0 Å². The zero-order chi connectivity index (χ0) is 6.41. The Labute approximate surface area is 49.1 Å². The number of hydrogen-bond donors (Lipinski definition) is 0. The summed E-state index contributed by atoms with van der Waals surface area (Å²) in [6.07, 6.45) is 4.75. The number of carbonyl (C=O) groups excluding carboxylic acids is 1. The Kier molecular flexibility index (Phi) is 3.94. The molecule has 0 heterocycles. The molecule has 0 N–H and O–H groups in total. The Bertz CT molecular complexity index is 94.7. The molecule has 0 unspecified atom stereocenters. The first kappa shape index (κ1) is 7.21. The van der Waals surface area contributed by atoms with E-state index in [-0.39, 0.29) is 5.97 Å². The highest BCUT2D eigenvalue weighted by molar-refractivity contribution is 5.81. The molecular formula is C6H9O2. The van der Waals surface area contributed by atoms with Crippen LogP contribution in [0.15, 0.2) is 12.2 Å². The third-order valence-electron chi connectivity index (χ3n) is 0.626. The highest BCUT2D eigenvalue weighted by Crippen LogP contribution is 1.79. The third kappa shape index (κ3) is 3.40. The van der Waals surface area contributed by atoms with Crippen LogP contribution < -0.4 is 0 Å². The molecule has 0 spiro atoms. The van der Waals surface area contributed by atoms with E-state index in [0.29, 0.717) is 0 Å². The lowest BCUT2D eigenvalue weighted by molar-refractivity contribution is -0.134. The minimum absolute atomic E-state index is 0.317. The molecule has 0 amide bonds. The zero-order valence-corrected chi connectivity index (χ0v) is 5.05. The zero-order valence-electron chi connectivity index (χ0n) is 5.05. The molecule has 0 bridgehead atoms. The van der Waals surface area contributed by atoms with Crippen LogP contribution in [0.3, 0.4) is 0 Å². The average molecular weight is 113 g/mol. The van der Waals surface area contributed by atoms with Gasteiger partial charge in [-0.3, -0.25) is 0 Å².